The van der Waals surface area contributed by atoms with Crippen LogP contribution in [0, 0.1) is 0 Å². The van der Waals surface area contributed by atoms with Crippen LogP contribution in [0.1, 0.15) is 32.7 Å². The van der Waals surface area contributed by atoms with Crippen molar-refractivity contribution in [3.8, 4) is 0 Å². The van der Waals surface area contributed by atoms with E-state index < -0.39 is 10.0 Å². The Morgan fingerprint density at radius 1 is 1.53 bits per heavy atom. The van der Waals surface area contributed by atoms with Gasteiger partial charge in [0.05, 0.1) is 6.20 Å². The van der Waals surface area contributed by atoms with E-state index in [0.29, 0.717) is 0 Å². The van der Waals surface area contributed by atoms with Crippen LogP contribution in [-0.2, 0) is 10.0 Å². The van der Waals surface area contributed by atoms with Gasteiger partial charge in [-0.1, -0.05) is 0 Å². The second-order valence-electron chi connectivity index (χ2n) is 4.15. The lowest BCUT2D eigenvalue weighted by molar-refractivity contribution is 0.531. The Kier molecular flexibility index (Phi) is 2.56. The van der Waals surface area contributed by atoms with E-state index in [9.17, 15) is 8.42 Å². The van der Waals surface area contributed by atoms with E-state index in [0.717, 1.165) is 12.8 Å². The van der Waals surface area contributed by atoms with Gasteiger partial charge in [-0.05, 0) is 26.7 Å². The maximum Gasteiger partial charge on any atom is 0.243 e. The van der Waals surface area contributed by atoms with Gasteiger partial charge in [0.1, 0.15) is 4.90 Å². The molecule has 1 saturated carbocycles. The molecule has 2 rings (SSSR count). The van der Waals surface area contributed by atoms with Gasteiger partial charge < -0.3 is 0 Å². The zero-order valence-electron chi connectivity index (χ0n) is 8.84. The van der Waals surface area contributed by atoms with Crippen LogP contribution in [0.5, 0.6) is 0 Å². The Labute approximate surface area is 89.5 Å². The van der Waals surface area contributed by atoms with Crippen LogP contribution in [0.3, 0.4) is 0 Å². The molecule has 0 radical (unpaired) electrons. The SMILES string of the molecule is CC(C)n1cc(S(=O)(=O)NC2CC2)cn1. The summed E-state index contributed by atoms with van der Waals surface area (Å²) in [5.41, 5.74) is 0. The molecule has 84 valence electrons. The molecule has 0 bridgehead atoms. The minimum atomic E-state index is -3.34. The summed E-state index contributed by atoms with van der Waals surface area (Å²) in [6, 6.07) is 0.312. The van der Waals surface area contributed by atoms with Gasteiger partial charge in [-0.15, -0.1) is 0 Å². The van der Waals surface area contributed by atoms with Crippen LogP contribution in [0.15, 0.2) is 17.3 Å². The Morgan fingerprint density at radius 3 is 2.67 bits per heavy atom. The summed E-state index contributed by atoms with van der Waals surface area (Å²) in [5, 5.41) is 4.01. The zero-order valence-corrected chi connectivity index (χ0v) is 9.66. The van der Waals surface area contributed by atoms with E-state index in [2.05, 4.69) is 9.82 Å². The van der Waals surface area contributed by atoms with Crippen LogP contribution in [0.25, 0.3) is 0 Å². The van der Waals surface area contributed by atoms with E-state index in [4.69, 9.17) is 0 Å². The van der Waals surface area contributed by atoms with Gasteiger partial charge in [-0.3, -0.25) is 4.68 Å². The van der Waals surface area contributed by atoms with Crippen molar-refractivity contribution in [3.63, 3.8) is 0 Å². The van der Waals surface area contributed by atoms with Gasteiger partial charge in [0, 0.05) is 18.3 Å². The molecule has 0 saturated heterocycles. The summed E-state index contributed by atoms with van der Waals surface area (Å²) in [5.74, 6) is 0. The molecule has 1 fully saturated rings. The van der Waals surface area contributed by atoms with E-state index in [-0.39, 0.29) is 17.0 Å². The van der Waals surface area contributed by atoms with Crippen molar-refractivity contribution in [2.75, 3.05) is 0 Å². The first kappa shape index (κ1) is 10.6. The first-order chi connectivity index (χ1) is 6.99. The molecule has 1 N–H and O–H groups in total. The van der Waals surface area contributed by atoms with Crippen LogP contribution in [-0.4, -0.2) is 24.2 Å². The van der Waals surface area contributed by atoms with Gasteiger partial charge in [-0.25, -0.2) is 13.1 Å². The largest absolute Gasteiger partial charge is 0.269 e. The fourth-order valence-corrected chi connectivity index (χ4v) is 2.47. The second-order valence-corrected chi connectivity index (χ2v) is 5.86. The van der Waals surface area contributed by atoms with E-state index in [1.807, 2.05) is 13.8 Å². The number of sulfonamides is 1. The fourth-order valence-electron chi connectivity index (χ4n) is 1.23. The predicted octanol–water partition coefficient (Wildman–Crippen LogP) is 0.905. The van der Waals surface area contributed by atoms with Gasteiger partial charge in [0.15, 0.2) is 0 Å². The van der Waals surface area contributed by atoms with Crippen LogP contribution < -0.4 is 4.72 Å². The monoisotopic (exact) mass is 229 g/mol. The number of hydrogen-bond acceptors (Lipinski definition) is 3. The molecule has 5 nitrogen and oxygen atoms in total. The third-order valence-electron chi connectivity index (χ3n) is 2.32. The summed E-state index contributed by atoms with van der Waals surface area (Å²) in [6.07, 6.45) is 4.84. The Bertz CT molecular complexity index is 446. The molecule has 0 unspecified atom stereocenters. The fraction of sp³-hybridized carbons (Fsp3) is 0.667. The van der Waals surface area contributed by atoms with Crippen molar-refractivity contribution < 1.29 is 8.42 Å². The molecule has 1 heterocycles. The molecule has 1 aliphatic carbocycles. The maximum atomic E-state index is 11.8. The summed E-state index contributed by atoms with van der Waals surface area (Å²) in [7, 11) is -3.34. The zero-order chi connectivity index (χ0) is 11.1. The van der Waals surface area contributed by atoms with Crippen molar-refractivity contribution in [2.24, 2.45) is 0 Å². The highest BCUT2D eigenvalue weighted by atomic mass is 32.2. The van der Waals surface area contributed by atoms with Crippen LogP contribution >= 0.6 is 0 Å². The number of nitrogens with zero attached hydrogens (tertiary/aromatic N) is 2. The predicted molar refractivity (Wildman–Crippen MR) is 56.0 cm³/mol. The average Bonchev–Trinajstić information content (AvgIpc) is 2.80. The van der Waals surface area contributed by atoms with Gasteiger partial charge in [0.25, 0.3) is 0 Å². The van der Waals surface area contributed by atoms with Crippen molar-refractivity contribution in [1.82, 2.24) is 14.5 Å². The van der Waals surface area contributed by atoms with Crippen molar-refractivity contribution in [3.05, 3.63) is 12.4 Å². The highest BCUT2D eigenvalue weighted by Crippen LogP contribution is 2.22. The third kappa shape index (κ3) is 2.38. The lowest BCUT2D eigenvalue weighted by Crippen LogP contribution is -2.25. The normalized spacial score (nSPS) is 17.3. The second kappa shape index (κ2) is 3.61. The molecule has 1 aromatic heterocycles. The van der Waals surface area contributed by atoms with Gasteiger partial charge in [0.2, 0.25) is 10.0 Å². The minimum absolute atomic E-state index is 0.136. The minimum Gasteiger partial charge on any atom is -0.269 e. The lowest BCUT2D eigenvalue weighted by Gasteiger charge is -2.04. The quantitative estimate of drug-likeness (QED) is 0.834. The molecule has 0 aliphatic heterocycles. The first-order valence-electron chi connectivity index (χ1n) is 5.05. The molecular weight excluding hydrogens is 214 g/mol. The standard InChI is InChI=1S/C9H15N3O2S/c1-7(2)12-6-9(5-10-12)15(13,14)11-8-3-4-8/h5-8,11H,3-4H2,1-2H3. The molecule has 0 atom stereocenters. The summed E-state index contributed by atoms with van der Waals surface area (Å²) in [4.78, 5) is 0.253. The molecule has 6 heteroatoms. The molecule has 15 heavy (non-hydrogen) atoms. The summed E-state index contributed by atoms with van der Waals surface area (Å²) >= 11 is 0. The Morgan fingerprint density at radius 2 is 2.20 bits per heavy atom. The molecular formula is C9H15N3O2S. The van der Waals surface area contributed by atoms with E-state index in [1.165, 1.54) is 6.20 Å². The number of nitrogens with one attached hydrogen (secondary N) is 1. The van der Waals surface area contributed by atoms with E-state index in [1.54, 1.807) is 10.9 Å². The molecule has 1 aromatic rings. The topological polar surface area (TPSA) is 64.0 Å². The number of hydrogen-bond donors (Lipinski definition) is 1. The molecule has 0 amide bonds. The summed E-state index contributed by atoms with van der Waals surface area (Å²) in [6.45, 7) is 3.91. The smallest absolute Gasteiger partial charge is 0.243 e. The lowest BCUT2D eigenvalue weighted by atomic mass is 10.4. The van der Waals surface area contributed by atoms with Crippen molar-refractivity contribution >= 4 is 10.0 Å². The average molecular weight is 229 g/mol. The highest BCUT2D eigenvalue weighted by molar-refractivity contribution is 7.89. The Balaban J connectivity index is 2.20. The van der Waals surface area contributed by atoms with Crippen molar-refractivity contribution in [2.45, 2.75) is 43.7 Å². The molecule has 0 spiro atoms. The third-order valence-corrected chi connectivity index (χ3v) is 3.79. The van der Waals surface area contributed by atoms with Crippen LogP contribution in [0.4, 0.5) is 0 Å². The highest BCUT2D eigenvalue weighted by Gasteiger charge is 2.28. The van der Waals surface area contributed by atoms with Gasteiger partial charge in [-0.2, -0.15) is 5.10 Å². The molecule has 1 aliphatic rings. The molecule has 0 aromatic carbocycles. The van der Waals surface area contributed by atoms with Gasteiger partial charge >= 0.3 is 0 Å². The Hall–Kier alpha value is -0.880. The van der Waals surface area contributed by atoms with Crippen molar-refractivity contribution in [1.29, 1.82) is 0 Å². The maximum absolute atomic E-state index is 11.8. The number of rotatable bonds is 4. The summed E-state index contributed by atoms with van der Waals surface area (Å²) < 4.78 is 27.8. The van der Waals surface area contributed by atoms with Crippen LogP contribution in [0.2, 0.25) is 0 Å². The first-order valence-corrected chi connectivity index (χ1v) is 6.54. The number of aromatic nitrogens is 2. The van der Waals surface area contributed by atoms with E-state index >= 15 is 0 Å².